The molecule has 5 N–H and O–H groups in total. The number of hydrogen-bond acceptors (Lipinski definition) is 5. The van der Waals surface area contributed by atoms with Crippen molar-refractivity contribution in [2.24, 2.45) is 11.7 Å². The van der Waals surface area contributed by atoms with Gasteiger partial charge in [0.15, 0.2) is 6.35 Å². The van der Waals surface area contributed by atoms with Crippen LogP contribution in [-0.2, 0) is 0 Å². The first kappa shape index (κ1) is 12.9. The smallest absolute Gasteiger partial charge is 0.158 e. The van der Waals surface area contributed by atoms with Crippen LogP contribution < -0.4 is 11.1 Å². The molecule has 3 atom stereocenters. The zero-order valence-corrected chi connectivity index (χ0v) is 9.39. The molecular weight excluding hydrogens is 194 g/mol. The van der Waals surface area contributed by atoms with Crippen LogP contribution in [0.2, 0.25) is 0 Å². The van der Waals surface area contributed by atoms with Crippen LogP contribution >= 0.6 is 0 Å². The minimum Gasteiger partial charge on any atom is -0.390 e. The summed E-state index contributed by atoms with van der Waals surface area (Å²) in [6.07, 6.45) is 0.947. The summed E-state index contributed by atoms with van der Waals surface area (Å²) >= 11 is 0. The first-order valence-corrected chi connectivity index (χ1v) is 5.69. The maximum atomic E-state index is 9.65. The molecular formula is C10H23N3O2. The number of aliphatic hydroxyl groups is 2. The zero-order valence-electron chi connectivity index (χ0n) is 9.39. The number of β-amino-alcohol motifs (C(OH)–C–C–N with tert-alkyl or cyclic N) is 1. The second-order valence-corrected chi connectivity index (χ2v) is 4.33. The van der Waals surface area contributed by atoms with Crippen molar-refractivity contribution in [3.05, 3.63) is 0 Å². The second kappa shape index (κ2) is 6.40. The predicted molar refractivity (Wildman–Crippen MR) is 59.0 cm³/mol. The summed E-state index contributed by atoms with van der Waals surface area (Å²) in [6.45, 7) is 5.36. The number of likely N-dealkylation sites (tertiary alicyclic amines) is 1. The van der Waals surface area contributed by atoms with Crippen molar-refractivity contribution in [2.75, 3.05) is 26.2 Å². The van der Waals surface area contributed by atoms with Crippen molar-refractivity contribution in [3.63, 3.8) is 0 Å². The van der Waals surface area contributed by atoms with E-state index in [0.29, 0.717) is 13.1 Å². The highest BCUT2D eigenvalue weighted by molar-refractivity contribution is 4.77. The van der Waals surface area contributed by atoms with E-state index in [-0.39, 0.29) is 0 Å². The number of hydrogen-bond donors (Lipinski definition) is 4. The molecule has 1 rings (SSSR count). The molecule has 1 aliphatic rings. The maximum Gasteiger partial charge on any atom is 0.158 e. The van der Waals surface area contributed by atoms with Gasteiger partial charge in [0.2, 0.25) is 0 Å². The Labute approximate surface area is 91.3 Å². The van der Waals surface area contributed by atoms with Crippen LogP contribution in [-0.4, -0.2) is 53.7 Å². The van der Waals surface area contributed by atoms with Gasteiger partial charge in [-0.25, -0.2) is 0 Å². The zero-order chi connectivity index (χ0) is 11.3. The quantitative estimate of drug-likeness (QED) is 0.425. The van der Waals surface area contributed by atoms with Gasteiger partial charge in [-0.05, 0) is 18.9 Å². The van der Waals surface area contributed by atoms with E-state index in [0.717, 1.165) is 19.0 Å². The minimum absolute atomic E-state index is 0.338. The summed E-state index contributed by atoms with van der Waals surface area (Å²) in [6, 6.07) is 0. The lowest BCUT2D eigenvalue weighted by atomic mass is 10.1. The summed E-state index contributed by atoms with van der Waals surface area (Å²) in [7, 11) is 0. The van der Waals surface area contributed by atoms with E-state index in [1.807, 2.05) is 0 Å². The van der Waals surface area contributed by atoms with E-state index >= 15 is 0 Å². The topological polar surface area (TPSA) is 81.8 Å². The summed E-state index contributed by atoms with van der Waals surface area (Å²) in [5.74, 6) is 0.783. The van der Waals surface area contributed by atoms with Crippen molar-refractivity contribution in [2.45, 2.75) is 32.2 Å². The molecule has 0 aromatic carbocycles. The molecule has 0 spiro atoms. The van der Waals surface area contributed by atoms with Crippen molar-refractivity contribution in [1.82, 2.24) is 10.2 Å². The number of nitrogens with zero attached hydrogens (tertiary/aromatic N) is 1. The van der Waals surface area contributed by atoms with Gasteiger partial charge in [-0.2, -0.15) is 0 Å². The molecule has 0 aromatic heterocycles. The Hall–Kier alpha value is -0.200. The monoisotopic (exact) mass is 217 g/mol. The van der Waals surface area contributed by atoms with Crippen LogP contribution in [0.15, 0.2) is 0 Å². The Morgan fingerprint density at radius 1 is 1.53 bits per heavy atom. The largest absolute Gasteiger partial charge is 0.390 e. The van der Waals surface area contributed by atoms with Gasteiger partial charge in [-0.15, -0.1) is 0 Å². The summed E-state index contributed by atoms with van der Waals surface area (Å²) in [5, 5.41) is 21.0. The van der Waals surface area contributed by atoms with E-state index < -0.39 is 12.5 Å². The predicted octanol–water partition coefficient (Wildman–Crippen LogP) is -1.10. The number of aliphatic hydroxyl groups excluding tert-OH is 2. The fourth-order valence-electron chi connectivity index (χ4n) is 2.03. The molecule has 0 saturated carbocycles. The van der Waals surface area contributed by atoms with Crippen molar-refractivity contribution in [3.8, 4) is 0 Å². The van der Waals surface area contributed by atoms with Crippen LogP contribution in [0, 0.1) is 5.92 Å². The average Bonchev–Trinajstić information content (AvgIpc) is 2.62. The Bertz CT molecular complexity index is 178. The van der Waals surface area contributed by atoms with Crippen molar-refractivity contribution < 1.29 is 10.2 Å². The summed E-state index contributed by atoms with van der Waals surface area (Å²) < 4.78 is 0. The molecule has 0 aromatic rings. The molecule has 1 heterocycles. The SMILES string of the molecule is CCC1CCN(C[C@@H](O)CNC(N)O)C1. The molecule has 1 fully saturated rings. The van der Waals surface area contributed by atoms with Gasteiger partial charge in [-0.1, -0.05) is 13.3 Å². The Kier molecular flexibility index (Phi) is 5.49. The number of nitrogens with one attached hydrogen (secondary N) is 1. The third-order valence-electron chi connectivity index (χ3n) is 2.98. The average molecular weight is 217 g/mol. The highest BCUT2D eigenvalue weighted by Crippen LogP contribution is 2.18. The lowest BCUT2D eigenvalue weighted by Gasteiger charge is -2.20. The van der Waals surface area contributed by atoms with E-state index in [4.69, 9.17) is 10.8 Å². The van der Waals surface area contributed by atoms with Crippen LogP contribution in [0.4, 0.5) is 0 Å². The Morgan fingerprint density at radius 2 is 2.27 bits per heavy atom. The van der Waals surface area contributed by atoms with Crippen LogP contribution in [0.25, 0.3) is 0 Å². The van der Waals surface area contributed by atoms with E-state index in [1.165, 1.54) is 12.8 Å². The maximum absolute atomic E-state index is 9.65. The highest BCUT2D eigenvalue weighted by Gasteiger charge is 2.22. The number of nitrogens with two attached hydrogens (primary N) is 1. The molecule has 5 heteroatoms. The third-order valence-corrected chi connectivity index (χ3v) is 2.98. The molecule has 5 nitrogen and oxygen atoms in total. The molecule has 1 aliphatic heterocycles. The van der Waals surface area contributed by atoms with Crippen molar-refractivity contribution >= 4 is 0 Å². The number of rotatable bonds is 6. The Morgan fingerprint density at radius 3 is 2.80 bits per heavy atom. The van der Waals surface area contributed by atoms with E-state index in [2.05, 4.69) is 17.1 Å². The molecule has 1 saturated heterocycles. The molecule has 15 heavy (non-hydrogen) atoms. The highest BCUT2D eigenvalue weighted by atomic mass is 16.3. The standard InChI is InChI=1S/C10H23N3O2/c1-2-8-3-4-13(6-8)7-9(14)5-12-10(11)15/h8-10,12,14-15H,2-7,11H2,1H3/t8?,9-,10?/m0/s1. The fourth-order valence-corrected chi connectivity index (χ4v) is 2.03. The van der Waals surface area contributed by atoms with Gasteiger partial charge in [0.25, 0.3) is 0 Å². The lowest BCUT2D eigenvalue weighted by molar-refractivity contribution is 0.0858. The minimum atomic E-state index is -1.04. The first-order valence-electron chi connectivity index (χ1n) is 5.69. The molecule has 0 aliphatic carbocycles. The molecule has 0 amide bonds. The second-order valence-electron chi connectivity index (χ2n) is 4.33. The molecule has 0 radical (unpaired) electrons. The molecule has 0 bridgehead atoms. The van der Waals surface area contributed by atoms with E-state index in [1.54, 1.807) is 0 Å². The van der Waals surface area contributed by atoms with Gasteiger partial charge < -0.3 is 15.1 Å². The molecule has 90 valence electrons. The van der Waals surface area contributed by atoms with Gasteiger partial charge in [0, 0.05) is 19.6 Å². The Balaban J connectivity index is 2.13. The first-order chi connectivity index (χ1) is 7.11. The van der Waals surface area contributed by atoms with Gasteiger partial charge >= 0.3 is 0 Å². The van der Waals surface area contributed by atoms with Crippen molar-refractivity contribution in [1.29, 1.82) is 0 Å². The van der Waals surface area contributed by atoms with Gasteiger partial charge in [0.05, 0.1) is 6.10 Å². The van der Waals surface area contributed by atoms with Crippen LogP contribution in [0.5, 0.6) is 0 Å². The summed E-state index contributed by atoms with van der Waals surface area (Å²) in [4.78, 5) is 2.27. The molecule has 2 unspecified atom stereocenters. The van der Waals surface area contributed by atoms with Crippen LogP contribution in [0.3, 0.4) is 0 Å². The lowest BCUT2D eigenvalue weighted by Crippen LogP contribution is -2.44. The van der Waals surface area contributed by atoms with Gasteiger partial charge in [-0.3, -0.25) is 11.1 Å². The van der Waals surface area contributed by atoms with Gasteiger partial charge in [0.1, 0.15) is 0 Å². The fraction of sp³-hybridized carbons (Fsp3) is 1.00. The summed E-state index contributed by atoms with van der Waals surface area (Å²) in [5.41, 5.74) is 5.11. The van der Waals surface area contributed by atoms with E-state index in [9.17, 15) is 5.11 Å². The normalized spacial score (nSPS) is 26.8. The van der Waals surface area contributed by atoms with Crippen LogP contribution in [0.1, 0.15) is 19.8 Å². The third kappa shape index (κ3) is 4.90.